The number of hydrogen-bond acceptors (Lipinski definition) is 9. The molecule has 0 spiro atoms. The van der Waals surface area contributed by atoms with E-state index in [2.05, 4.69) is 20.3 Å². The van der Waals surface area contributed by atoms with Crippen LogP contribution < -0.4 is 10.1 Å². The Kier molecular flexibility index (Phi) is 9.57. The average molecular weight is 704 g/mol. The molecule has 1 aliphatic heterocycles. The number of nitrogens with zero attached hydrogens (tertiary/aromatic N) is 4. The molecule has 0 amide bonds. The highest BCUT2D eigenvalue weighted by molar-refractivity contribution is 6.74. The maximum absolute atomic E-state index is 16.7. The van der Waals surface area contributed by atoms with Crippen molar-refractivity contribution in [3.8, 4) is 5.75 Å². The number of benzene rings is 3. The zero-order valence-electron chi connectivity index (χ0n) is 29.0. The molecule has 3 atom stereocenters. The summed E-state index contributed by atoms with van der Waals surface area (Å²) in [5.74, 6) is 0.709. The second-order valence-electron chi connectivity index (χ2n) is 14.1. The molecule has 5 aromatic rings. The van der Waals surface area contributed by atoms with Crippen molar-refractivity contribution >= 4 is 25.3 Å². The fraction of sp³-hybridized carbons (Fsp3) is 0.378. The lowest BCUT2D eigenvalue weighted by atomic mass is 9.77. The lowest BCUT2D eigenvalue weighted by molar-refractivity contribution is -0.146. The van der Waals surface area contributed by atoms with Crippen molar-refractivity contribution in [3.05, 3.63) is 114 Å². The van der Waals surface area contributed by atoms with Crippen LogP contribution in [-0.2, 0) is 14.7 Å². The number of alkyl halides is 1. The van der Waals surface area contributed by atoms with Gasteiger partial charge in [-0.1, -0.05) is 93.6 Å². The zero-order valence-corrected chi connectivity index (χ0v) is 30.0. The predicted octanol–water partition coefficient (Wildman–Crippen LogP) is 6.36. The second kappa shape index (κ2) is 13.5. The van der Waals surface area contributed by atoms with Crippen molar-refractivity contribution in [2.24, 2.45) is 0 Å². The molecule has 0 saturated carbocycles. The summed E-state index contributed by atoms with van der Waals surface area (Å²) in [4.78, 5) is 12.8. The van der Waals surface area contributed by atoms with E-state index in [0.717, 1.165) is 16.7 Å². The van der Waals surface area contributed by atoms with E-state index >= 15 is 8.78 Å². The van der Waals surface area contributed by atoms with E-state index in [9.17, 15) is 10.2 Å². The Morgan fingerprint density at radius 1 is 0.900 bits per heavy atom. The summed E-state index contributed by atoms with van der Waals surface area (Å²) in [5.41, 5.74) is -0.336. The molecule has 3 heterocycles. The van der Waals surface area contributed by atoms with Gasteiger partial charge in [0.2, 0.25) is 0 Å². The molecule has 264 valence electrons. The summed E-state index contributed by atoms with van der Waals surface area (Å²) >= 11 is 0. The van der Waals surface area contributed by atoms with Crippen LogP contribution in [0.1, 0.15) is 43.7 Å². The molecule has 3 N–H and O–H groups in total. The van der Waals surface area contributed by atoms with Crippen LogP contribution in [0, 0.1) is 6.08 Å². The number of halogens is 2. The monoisotopic (exact) mass is 703 g/mol. The molecule has 0 bridgehead atoms. The van der Waals surface area contributed by atoms with Gasteiger partial charge in [0, 0.05) is 0 Å². The van der Waals surface area contributed by atoms with Gasteiger partial charge >= 0.3 is 6.08 Å². The third-order valence-corrected chi connectivity index (χ3v) is 14.6. The number of anilines is 1. The maximum atomic E-state index is 16.7. The first-order chi connectivity index (χ1) is 23.8. The molecule has 0 radical (unpaired) electrons. The largest absolute Gasteiger partial charge is 0.497 e. The third-order valence-electron chi connectivity index (χ3n) is 10.1. The van der Waals surface area contributed by atoms with Gasteiger partial charge < -0.3 is 29.4 Å². The van der Waals surface area contributed by atoms with Crippen molar-refractivity contribution in [2.75, 3.05) is 25.6 Å². The Labute approximate surface area is 291 Å². The number of rotatable bonds is 11. The first-order valence-corrected chi connectivity index (χ1v) is 19.4. The highest BCUT2D eigenvalue weighted by Gasteiger charge is 2.59. The standard InChI is InChI=1S/C37H43F2N5O5Si/c1-35(2,3)50(5,6)49-30-28(38)33(48-36(30,21-45)22-46)44-23-40-29-31(41-34(39)42-32(29)44)43-37(24-13-9-7-10-14-24,25-15-11-8-12-16-25)26-17-19-27(47-4)20-18-26/h7-20,23,28,30,33,45-46H,21-22H2,1-6H3,(H,41,42,43)/t28-,30-,33+/m0/s1. The van der Waals surface area contributed by atoms with E-state index < -0.39 is 57.3 Å². The molecule has 2 aromatic heterocycles. The molecule has 1 saturated heterocycles. The Hall–Kier alpha value is -4.27. The molecule has 3 aromatic carbocycles. The summed E-state index contributed by atoms with van der Waals surface area (Å²) in [6.07, 6.45) is -4.42. The molecule has 0 aliphatic carbocycles. The van der Waals surface area contributed by atoms with Crippen molar-refractivity contribution in [2.45, 2.75) is 68.5 Å². The van der Waals surface area contributed by atoms with Gasteiger partial charge in [-0.2, -0.15) is 14.4 Å². The maximum Gasteiger partial charge on any atom is 0.312 e. The van der Waals surface area contributed by atoms with Crippen LogP contribution in [0.5, 0.6) is 5.75 Å². The van der Waals surface area contributed by atoms with Crippen molar-refractivity contribution < 1.29 is 32.9 Å². The molecule has 50 heavy (non-hydrogen) atoms. The van der Waals surface area contributed by atoms with Crippen LogP contribution in [0.15, 0.2) is 91.3 Å². The Morgan fingerprint density at radius 3 is 1.98 bits per heavy atom. The van der Waals surface area contributed by atoms with Gasteiger partial charge in [-0.05, 0) is 47.0 Å². The Bertz CT molecular complexity index is 1880. The molecule has 0 unspecified atom stereocenters. The number of aliphatic hydroxyl groups excluding tert-OH is 2. The zero-order chi connectivity index (χ0) is 35.9. The molecule has 1 fully saturated rings. The van der Waals surface area contributed by atoms with Crippen LogP contribution in [-0.4, -0.2) is 76.2 Å². The quantitative estimate of drug-likeness (QED) is 0.0820. The van der Waals surface area contributed by atoms with Crippen LogP contribution in [0.25, 0.3) is 11.2 Å². The molecule has 1 aliphatic rings. The summed E-state index contributed by atoms with van der Waals surface area (Å²) in [6, 6.07) is 26.9. The number of aliphatic hydroxyl groups is 2. The minimum atomic E-state index is -2.62. The van der Waals surface area contributed by atoms with Gasteiger partial charge in [-0.15, -0.1) is 0 Å². The van der Waals surface area contributed by atoms with E-state index in [1.807, 2.05) is 119 Å². The number of nitrogens with one attached hydrogen (secondary N) is 1. The highest BCUT2D eigenvalue weighted by atomic mass is 28.4. The van der Waals surface area contributed by atoms with Crippen LogP contribution in [0.2, 0.25) is 18.1 Å². The van der Waals surface area contributed by atoms with Gasteiger partial charge in [0.15, 0.2) is 37.7 Å². The molecular weight excluding hydrogens is 661 g/mol. The van der Waals surface area contributed by atoms with E-state index in [1.165, 1.54) is 10.9 Å². The number of ether oxygens (including phenoxy) is 2. The van der Waals surface area contributed by atoms with Crippen molar-refractivity contribution in [1.82, 2.24) is 19.5 Å². The van der Waals surface area contributed by atoms with Crippen LogP contribution in [0.3, 0.4) is 0 Å². The van der Waals surface area contributed by atoms with Gasteiger partial charge in [-0.3, -0.25) is 4.57 Å². The van der Waals surface area contributed by atoms with Gasteiger partial charge in [0.05, 0.1) is 26.7 Å². The lowest BCUT2D eigenvalue weighted by Gasteiger charge is -2.42. The summed E-state index contributed by atoms with van der Waals surface area (Å²) in [7, 11) is -1.03. The first kappa shape index (κ1) is 35.5. The number of aromatic nitrogens is 4. The highest BCUT2D eigenvalue weighted by Crippen LogP contribution is 2.47. The minimum absolute atomic E-state index is 0.0461. The number of hydrogen-bond donors (Lipinski definition) is 3. The fourth-order valence-corrected chi connectivity index (χ4v) is 7.60. The topological polar surface area (TPSA) is 124 Å². The first-order valence-electron chi connectivity index (χ1n) is 16.5. The second-order valence-corrected chi connectivity index (χ2v) is 18.9. The predicted molar refractivity (Wildman–Crippen MR) is 189 cm³/mol. The smallest absolute Gasteiger partial charge is 0.312 e. The Morgan fingerprint density at radius 2 is 1.46 bits per heavy atom. The number of methoxy groups -OCH3 is 1. The number of imidazole rings is 1. The Balaban J connectivity index is 1.50. The van der Waals surface area contributed by atoms with Crippen LogP contribution in [0.4, 0.5) is 14.6 Å². The molecule has 13 heteroatoms. The van der Waals surface area contributed by atoms with Crippen molar-refractivity contribution in [1.29, 1.82) is 0 Å². The normalized spacial score (nSPS) is 19.5. The lowest BCUT2D eigenvalue weighted by Crippen LogP contribution is -2.56. The van der Waals surface area contributed by atoms with E-state index in [4.69, 9.17) is 13.9 Å². The van der Waals surface area contributed by atoms with E-state index in [0.29, 0.717) is 5.75 Å². The molecule has 10 nitrogen and oxygen atoms in total. The van der Waals surface area contributed by atoms with Gasteiger partial charge in [-0.25, -0.2) is 9.37 Å². The third kappa shape index (κ3) is 6.06. The van der Waals surface area contributed by atoms with Gasteiger partial charge in [0.1, 0.15) is 23.0 Å². The molecular formula is C37H43F2N5O5Si. The fourth-order valence-electron chi connectivity index (χ4n) is 6.27. The van der Waals surface area contributed by atoms with Crippen LogP contribution >= 0.6 is 0 Å². The molecule has 6 rings (SSSR count). The van der Waals surface area contributed by atoms with Crippen molar-refractivity contribution in [3.63, 3.8) is 0 Å². The minimum Gasteiger partial charge on any atom is -0.497 e. The SMILES string of the molecule is COc1ccc(C(Nc2nc(F)nc3c2ncn3[C@@H]2OC(CO)(CO)[C@@H](O[Si](C)(C)C(C)(C)C)[C@@H]2F)(c2ccccc2)c2ccccc2)cc1. The summed E-state index contributed by atoms with van der Waals surface area (Å²) < 4.78 is 51.5. The summed E-state index contributed by atoms with van der Waals surface area (Å²) in [5, 5.41) is 24.2. The van der Waals surface area contributed by atoms with E-state index in [-0.39, 0.29) is 22.0 Å². The number of fused-ring (bicyclic) bond motifs is 1. The summed E-state index contributed by atoms with van der Waals surface area (Å²) in [6.45, 7) is 8.51. The van der Waals surface area contributed by atoms with E-state index in [1.54, 1.807) is 7.11 Å². The van der Waals surface area contributed by atoms with Gasteiger partial charge in [0.25, 0.3) is 0 Å². The average Bonchev–Trinajstić information content (AvgIpc) is 3.65.